The zero-order chi connectivity index (χ0) is 17.5. The Balaban J connectivity index is 1.51. The lowest BCUT2D eigenvalue weighted by Gasteiger charge is -2.08. The molecule has 2 heterocycles. The number of carbonyl (C=O) groups excluding carboxylic acids is 1. The first kappa shape index (κ1) is 16.6. The van der Waals surface area contributed by atoms with Gasteiger partial charge >= 0.3 is 0 Å². The van der Waals surface area contributed by atoms with Crippen LogP contribution in [0, 0.1) is 6.92 Å². The maximum absolute atomic E-state index is 12.1. The average Bonchev–Trinajstić information content (AvgIpc) is 2.64. The van der Waals surface area contributed by atoms with Gasteiger partial charge in [0.15, 0.2) is 0 Å². The number of hydrogen-bond donors (Lipinski definition) is 2. The summed E-state index contributed by atoms with van der Waals surface area (Å²) in [6.45, 7) is 2.70. The minimum Gasteiger partial charge on any atom is -0.380 e. The van der Waals surface area contributed by atoms with Gasteiger partial charge in [-0.2, -0.15) is 0 Å². The summed E-state index contributed by atoms with van der Waals surface area (Å²) in [6, 6.07) is 15.5. The van der Waals surface area contributed by atoms with Crippen LogP contribution in [0.15, 0.2) is 67.1 Å². The zero-order valence-electron chi connectivity index (χ0n) is 14.1. The van der Waals surface area contributed by atoms with E-state index >= 15 is 0 Å². The summed E-state index contributed by atoms with van der Waals surface area (Å²) in [4.78, 5) is 20.4. The van der Waals surface area contributed by atoms with Gasteiger partial charge in [0, 0.05) is 18.9 Å². The second-order valence-electron chi connectivity index (χ2n) is 5.86. The fourth-order valence-electron chi connectivity index (χ4n) is 2.36. The van der Waals surface area contributed by atoms with Crippen LogP contribution in [0.4, 0.5) is 11.5 Å². The molecule has 0 radical (unpaired) electrons. The van der Waals surface area contributed by atoms with E-state index in [4.69, 9.17) is 0 Å². The third-order valence-electron chi connectivity index (χ3n) is 3.74. The van der Waals surface area contributed by atoms with Crippen molar-refractivity contribution in [3.8, 4) is 0 Å². The summed E-state index contributed by atoms with van der Waals surface area (Å²) < 4.78 is 0. The first-order valence-corrected chi connectivity index (χ1v) is 8.13. The van der Waals surface area contributed by atoms with Crippen molar-refractivity contribution >= 4 is 17.4 Å². The minimum absolute atomic E-state index is 0.0765. The number of aromatic nitrogens is 2. The molecule has 0 aliphatic carbocycles. The lowest BCUT2D eigenvalue weighted by atomic mass is 10.1. The van der Waals surface area contributed by atoms with E-state index in [1.807, 2.05) is 55.6 Å². The summed E-state index contributed by atoms with van der Waals surface area (Å²) in [7, 11) is 0. The number of aryl methyl sites for hydroxylation is 1. The molecule has 0 fully saturated rings. The maximum Gasteiger partial charge on any atom is 0.229 e. The Hall–Kier alpha value is -3.21. The lowest BCUT2D eigenvalue weighted by Crippen LogP contribution is -2.15. The minimum atomic E-state index is -0.0765. The Bertz CT molecular complexity index is 815. The molecule has 2 N–H and O–H groups in total. The quantitative estimate of drug-likeness (QED) is 0.724. The van der Waals surface area contributed by atoms with Gasteiger partial charge in [-0.1, -0.05) is 35.9 Å². The van der Waals surface area contributed by atoms with Crippen LogP contribution in [0.2, 0.25) is 0 Å². The molecule has 0 atom stereocenters. The number of rotatable bonds is 6. The molecule has 0 aliphatic heterocycles. The first-order valence-electron chi connectivity index (χ1n) is 8.13. The molecule has 25 heavy (non-hydrogen) atoms. The van der Waals surface area contributed by atoms with Gasteiger partial charge in [0.05, 0.1) is 18.3 Å². The van der Waals surface area contributed by atoms with Crippen molar-refractivity contribution in [2.75, 3.05) is 10.6 Å². The van der Waals surface area contributed by atoms with Gasteiger partial charge in [0.2, 0.25) is 5.91 Å². The summed E-state index contributed by atoms with van der Waals surface area (Å²) in [6.07, 6.45) is 5.61. The second kappa shape index (κ2) is 8.06. The van der Waals surface area contributed by atoms with Gasteiger partial charge in [0.1, 0.15) is 5.82 Å². The van der Waals surface area contributed by atoms with Crippen molar-refractivity contribution in [3.63, 3.8) is 0 Å². The molecule has 126 valence electrons. The number of anilines is 2. The number of pyridine rings is 2. The number of hydrogen-bond acceptors (Lipinski definition) is 4. The topological polar surface area (TPSA) is 66.9 Å². The normalized spacial score (nSPS) is 10.3. The van der Waals surface area contributed by atoms with Gasteiger partial charge in [0.25, 0.3) is 0 Å². The van der Waals surface area contributed by atoms with E-state index in [-0.39, 0.29) is 5.91 Å². The molecule has 0 saturated carbocycles. The van der Waals surface area contributed by atoms with Crippen LogP contribution >= 0.6 is 0 Å². The van der Waals surface area contributed by atoms with Crippen LogP contribution in [0.5, 0.6) is 0 Å². The summed E-state index contributed by atoms with van der Waals surface area (Å²) in [5.74, 6) is 0.469. The fraction of sp³-hybridized carbons (Fsp3) is 0.150. The Morgan fingerprint density at radius 1 is 1.00 bits per heavy atom. The van der Waals surface area contributed by atoms with E-state index in [2.05, 4.69) is 20.6 Å². The van der Waals surface area contributed by atoms with Crippen molar-refractivity contribution < 1.29 is 4.79 Å². The Labute approximate surface area is 147 Å². The predicted molar refractivity (Wildman–Crippen MR) is 99.3 cm³/mol. The standard InChI is InChI=1S/C20H20N4O/c1-15-4-6-16(7-5-15)11-20(25)24-19-9-8-18(14-23-19)22-13-17-3-2-10-21-12-17/h2-10,12,14,22H,11,13H2,1H3,(H,23,24,25). The molecule has 0 spiro atoms. The molecule has 5 nitrogen and oxygen atoms in total. The number of amides is 1. The molecule has 2 aromatic heterocycles. The zero-order valence-corrected chi connectivity index (χ0v) is 14.1. The molecular formula is C20H20N4O. The number of nitrogens with zero attached hydrogens (tertiary/aromatic N) is 2. The summed E-state index contributed by atoms with van der Waals surface area (Å²) >= 11 is 0. The third-order valence-corrected chi connectivity index (χ3v) is 3.74. The van der Waals surface area contributed by atoms with Gasteiger partial charge in [-0.25, -0.2) is 4.98 Å². The van der Waals surface area contributed by atoms with Crippen LogP contribution in [0.25, 0.3) is 0 Å². The van der Waals surface area contributed by atoms with Crippen molar-refractivity contribution in [3.05, 3.63) is 83.8 Å². The summed E-state index contributed by atoms with van der Waals surface area (Å²) in [5, 5.41) is 6.09. The predicted octanol–water partition coefficient (Wildman–Crippen LogP) is 3.58. The van der Waals surface area contributed by atoms with Crippen molar-refractivity contribution in [1.82, 2.24) is 9.97 Å². The van der Waals surface area contributed by atoms with E-state index < -0.39 is 0 Å². The molecule has 0 bridgehead atoms. The van der Waals surface area contributed by atoms with Crippen molar-refractivity contribution in [2.24, 2.45) is 0 Å². The lowest BCUT2D eigenvalue weighted by molar-refractivity contribution is -0.115. The van der Waals surface area contributed by atoms with E-state index in [1.165, 1.54) is 5.56 Å². The molecule has 0 saturated heterocycles. The van der Waals surface area contributed by atoms with Gasteiger partial charge in [-0.15, -0.1) is 0 Å². The maximum atomic E-state index is 12.1. The molecule has 3 aromatic rings. The fourth-order valence-corrected chi connectivity index (χ4v) is 2.36. The van der Waals surface area contributed by atoms with Gasteiger partial charge in [-0.3, -0.25) is 9.78 Å². The average molecular weight is 332 g/mol. The summed E-state index contributed by atoms with van der Waals surface area (Å²) in [5.41, 5.74) is 4.15. The highest BCUT2D eigenvalue weighted by Crippen LogP contribution is 2.12. The van der Waals surface area contributed by atoms with Crippen LogP contribution in [0.3, 0.4) is 0 Å². The Kier molecular flexibility index (Phi) is 5.36. The molecule has 1 aromatic carbocycles. The highest BCUT2D eigenvalue weighted by molar-refractivity contribution is 5.91. The van der Waals surface area contributed by atoms with Crippen molar-refractivity contribution in [2.45, 2.75) is 19.9 Å². The number of benzene rings is 1. The largest absolute Gasteiger partial charge is 0.380 e. The molecule has 0 aliphatic rings. The molecule has 1 amide bonds. The van der Waals surface area contributed by atoms with E-state index in [9.17, 15) is 4.79 Å². The number of nitrogens with one attached hydrogen (secondary N) is 2. The van der Waals surface area contributed by atoms with Crippen molar-refractivity contribution in [1.29, 1.82) is 0 Å². The molecule has 5 heteroatoms. The van der Waals surface area contributed by atoms with Crippen LogP contribution in [-0.4, -0.2) is 15.9 Å². The SMILES string of the molecule is Cc1ccc(CC(=O)Nc2ccc(NCc3cccnc3)cn2)cc1. The third kappa shape index (κ3) is 5.14. The first-order chi connectivity index (χ1) is 12.2. The van der Waals surface area contributed by atoms with Crippen LogP contribution < -0.4 is 10.6 Å². The molecule has 3 rings (SSSR count). The van der Waals surface area contributed by atoms with Gasteiger partial charge in [-0.05, 0) is 36.2 Å². The number of carbonyl (C=O) groups is 1. The molecular weight excluding hydrogens is 312 g/mol. The van der Waals surface area contributed by atoms with Crippen LogP contribution in [-0.2, 0) is 17.8 Å². The monoisotopic (exact) mass is 332 g/mol. The second-order valence-corrected chi connectivity index (χ2v) is 5.86. The van der Waals surface area contributed by atoms with Gasteiger partial charge < -0.3 is 10.6 Å². The van der Waals surface area contributed by atoms with E-state index in [1.54, 1.807) is 18.5 Å². The Morgan fingerprint density at radius 3 is 2.52 bits per heavy atom. The highest BCUT2D eigenvalue weighted by Gasteiger charge is 2.05. The Morgan fingerprint density at radius 2 is 1.84 bits per heavy atom. The van der Waals surface area contributed by atoms with E-state index in [0.29, 0.717) is 18.8 Å². The molecule has 0 unspecified atom stereocenters. The van der Waals surface area contributed by atoms with Crippen LogP contribution in [0.1, 0.15) is 16.7 Å². The highest BCUT2D eigenvalue weighted by atomic mass is 16.1. The smallest absolute Gasteiger partial charge is 0.229 e. The van der Waals surface area contributed by atoms with E-state index in [0.717, 1.165) is 16.8 Å².